The number of fused-ring (bicyclic) bond motifs is 1. The summed E-state index contributed by atoms with van der Waals surface area (Å²) in [4.78, 5) is 9.05. The molecule has 0 amide bonds. The molecule has 0 aliphatic heterocycles. The molecule has 3 rings (SSSR count). The SMILES string of the molecule is Nc1nc(Oc2ccc(CO)cc2)c2ccsc2n1. The third kappa shape index (κ3) is 2.35. The first kappa shape index (κ1) is 11.9. The molecule has 5 nitrogen and oxygen atoms in total. The summed E-state index contributed by atoms with van der Waals surface area (Å²) in [5.74, 6) is 1.28. The molecular formula is C13H11N3O2S. The zero-order valence-electron chi connectivity index (χ0n) is 9.91. The van der Waals surface area contributed by atoms with Crippen molar-refractivity contribution in [3.63, 3.8) is 0 Å². The Morgan fingerprint density at radius 2 is 1.95 bits per heavy atom. The van der Waals surface area contributed by atoms with Crippen molar-refractivity contribution in [2.75, 3.05) is 5.73 Å². The molecule has 0 fully saturated rings. The van der Waals surface area contributed by atoms with Gasteiger partial charge < -0.3 is 15.6 Å². The second-order valence-electron chi connectivity index (χ2n) is 3.93. The lowest BCUT2D eigenvalue weighted by molar-refractivity contribution is 0.281. The highest BCUT2D eigenvalue weighted by Gasteiger charge is 2.09. The van der Waals surface area contributed by atoms with Crippen molar-refractivity contribution in [3.05, 3.63) is 41.3 Å². The van der Waals surface area contributed by atoms with Gasteiger partial charge in [0.05, 0.1) is 12.0 Å². The molecule has 1 aromatic carbocycles. The molecule has 96 valence electrons. The number of ether oxygens (including phenoxy) is 1. The number of aliphatic hydroxyl groups excluding tert-OH is 1. The first-order valence-corrected chi connectivity index (χ1v) is 6.52. The number of nitrogens with zero attached hydrogens (tertiary/aromatic N) is 2. The number of hydrogen-bond acceptors (Lipinski definition) is 6. The average molecular weight is 273 g/mol. The number of benzene rings is 1. The summed E-state index contributed by atoms with van der Waals surface area (Å²) in [6.45, 7) is 0.00944. The van der Waals surface area contributed by atoms with Crippen molar-refractivity contribution < 1.29 is 9.84 Å². The highest BCUT2D eigenvalue weighted by molar-refractivity contribution is 7.16. The van der Waals surface area contributed by atoms with Gasteiger partial charge >= 0.3 is 0 Å². The zero-order valence-corrected chi connectivity index (χ0v) is 10.7. The van der Waals surface area contributed by atoms with Crippen LogP contribution in [0.3, 0.4) is 0 Å². The van der Waals surface area contributed by atoms with Gasteiger partial charge in [0, 0.05) is 0 Å². The maximum atomic E-state index is 8.99. The van der Waals surface area contributed by atoms with Gasteiger partial charge in [-0.15, -0.1) is 11.3 Å². The van der Waals surface area contributed by atoms with E-state index in [-0.39, 0.29) is 12.6 Å². The number of nitrogens with two attached hydrogens (primary N) is 1. The van der Waals surface area contributed by atoms with Gasteiger partial charge in [-0.3, -0.25) is 0 Å². The van der Waals surface area contributed by atoms with E-state index in [1.165, 1.54) is 11.3 Å². The van der Waals surface area contributed by atoms with Crippen molar-refractivity contribution >= 4 is 27.5 Å². The number of nitrogen functional groups attached to an aromatic ring is 1. The van der Waals surface area contributed by atoms with E-state index in [0.717, 1.165) is 15.8 Å². The molecule has 0 aliphatic carbocycles. The fourth-order valence-corrected chi connectivity index (χ4v) is 2.46. The van der Waals surface area contributed by atoms with E-state index >= 15 is 0 Å². The number of rotatable bonds is 3. The number of aliphatic hydroxyl groups is 1. The smallest absolute Gasteiger partial charge is 0.232 e. The quantitative estimate of drug-likeness (QED) is 0.766. The zero-order chi connectivity index (χ0) is 13.2. The van der Waals surface area contributed by atoms with Gasteiger partial charge in [-0.25, -0.2) is 4.98 Å². The van der Waals surface area contributed by atoms with Crippen LogP contribution in [0, 0.1) is 0 Å². The standard InChI is InChI=1S/C13H11N3O2S/c14-13-15-11(10-5-6-19-12(10)16-13)18-9-3-1-8(7-17)2-4-9/h1-6,17H,7H2,(H2,14,15,16). The molecule has 6 heteroatoms. The molecule has 0 unspecified atom stereocenters. The summed E-state index contributed by atoms with van der Waals surface area (Å²) >= 11 is 1.49. The van der Waals surface area contributed by atoms with Crippen LogP contribution in [-0.4, -0.2) is 15.1 Å². The van der Waals surface area contributed by atoms with Crippen LogP contribution in [0.15, 0.2) is 35.7 Å². The van der Waals surface area contributed by atoms with Crippen LogP contribution in [0.2, 0.25) is 0 Å². The molecular weight excluding hydrogens is 262 g/mol. The molecule has 3 aromatic rings. The molecule has 0 radical (unpaired) electrons. The monoisotopic (exact) mass is 273 g/mol. The molecule has 0 spiro atoms. The Morgan fingerprint density at radius 3 is 2.68 bits per heavy atom. The minimum atomic E-state index is 0.00944. The molecule has 2 aromatic heterocycles. The van der Waals surface area contributed by atoms with Crippen molar-refractivity contribution in [2.45, 2.75) is 6.61 Å². The molecule has 0 atom stereocenters. The number of hydrogen-bond donors (Lipinski definition) is 2. The van der Waals surface area contributed by atoms with Gasteiger partial charge in [0.25, 0.3) is 0 Å². The van der Waals surface area contributed by atoms with E-state index in [0.29, 0.717) is 11.6 Å². The van der Waals surface area contributed by atoms with Crippen molar-refractivity contribution in [2.24, 2.45) is 0 Å². The third-order valence-electron chi connectivity index (χ3n) is 2.63. The Balaban J connectivity index is 1.97. The lowest BCUT2D eigenvalue weighted by Gasteiger charge is -2.06. The number of aromatic nitrogens is 2. The second-order valence-corrected chi connectivity index (χ2v) is 4.83. The van der Waals surface area contributed by atoms with Crippen LogP contribution in [0.5, 0.6) is 11.6 Å². The fourth-order valence-electron chi connectivity index (χ4n) is 1.70. The Labute approximate surface area is 113 Å². The minimum Gasteiger partial charge on any atom is -0.438 e. The van der Waals surface area contributed by atoms with E-state index in [9.17, 15) is 0 Å². The maximum absolute atomic E-state index is 8.99. The fraction of sp³-hybridized carbons (Fsp3) is 0.0769. The van der Waals surface area contributed by atoms with Crippen LogP contribution >= 0.6 is 11.3 Å². The molecule has 0 aliphatic rings. The summed E-state index contributed by atoms with van der Waals surface area (Å²) in [6, 6.07) is 9.05. The summed E-state index contributed by atoms with van der Waals surface area (Å²) in [5.41, 5.74) is 6.48. The van der Waals surface area contributed by atoms with Gasteiger partial charge in [0.1, 0.15) is 10.6 Å². The third-order valence-corrected chi connectivity index (χ3v) is 3.43. The van der Waals surface area contributed by atoms with Gasteiger partial charge in [-0.05, 0) is 29.1 Å². The van der Waals surface area contributed by atoms with Crippen molar-refractivity contribution in [1.82, 2.24) is 9.97 Å². The van der Waals surface area contributed by atoms with Crippen LogP contribution in [0.1, 0.15) is 5.56 Å². The van der Waals surface area contributed by atoms with Crippen LogP contribution < -0.4 is 10.5 Å². The van der Waals surface area contributed by atoms with Gasteiger partial charge in [0.2, 0.25) is 11.8 Å². The maximum Gasteiger partial charge on any atom is 0.232 e. The molecule has 2 heterocycles. The first-order valence-electron chi connectivity index (χ1n) is 5.64. The molecule has 0 bridgehead atoms. The number of thiophene rings is 1. The molecule has 19 heavy (non-hydrogen) atoms. The lowest BCUT2D eigenvalue weighted by atomic mass is 10.2. The molecule has 0 saturated carbocycles. The minimum absolute atomic E-state index is 0.00944. The highest BCUT2D eigenvalue weighted by atomic mass is 32.1. The Hall–Kier alpha value is -2.18. The second kappa shape index (κ2) is 4.83. The van der Waals surface area contributed by atoms with E-state index in [1.807, 2.05) is 11.4 Å². The topological polar surface area (TPSA) is 81.3 Å². The van der Waals surface area contributed by atoms with Gasteiger partial charge in [-0.2, -0.15) is 4.98 Å². The van der Waals surface area contributed by atoms with Crippen LogP contribution in [0.4, 0.5) is 5.95 Å². The van der Waals surface area contributed by atoms with E-state index in [2.05, 4.69) is 9.97 Å². The van der Waals surface area contributed by atoms with E-state index in [1.54, 1.807) is 24.3 Å². The average Bonchev–Trinajstić information content (AvgIpc) is 2.88. The van der Waals surface area contributed by atoms with Crippen LogP contribution in [0.25, 0.3) is 10.2 Å². The van der Waals surface area contributed by atoms with Crippen molar-refractivity contribution in [3.8, 4) is 11.6 Å². The first-order chi connectivity index (χ1) is 9.26. The molecule has 0 saturated heterocycles. The predicted octanol–water partition coefficient (Wildman–Crippen LogP) is 2.56. The van der Waals surface area contributed by atoms with Crippen LogP contribution in [-0.2, 0) is 6.61 Å². The number of anilines is 1. The summed E-state index contributed by atoms with van der Waals surface area (Å²) in [7, 11) is 0. The summed E-state index contributed by atoms with van der Waals surface area (Å²) in [5, 5.41) is 11.7. The van der Waals surface area contributed by atoms with E-state index in [4.69, 9.17) is 15.6 Å². The van der Waals surface area contributed by atoms with Crippen molar-refractivity contribution in [1.29, 1.82) is 0 Å². The van der Waals surface area contributed by atoms with Gasteiger partial charge in [0.15, 0.2) is 0 Å². The molecule has 3 N–H and O–H groups in total. The largest absolute Gasteiger partial charge is 0.438 e. The lowest BCUT2D eigenvalue weighted by Crippen LogP contribution is -1.97. The Kier molecular flexibility index (Phi) is 3.02. The summed E-state index contributed by atoms with van der Waals surface area (Å²) < 4.78 is 5.72. The predicted molar refractivity (Wildman–Crippen MR) is 74.3 cm³/mol. The Morgan fingerprint density at radius 1 is 1.16 bits per heavy atom. The summed E-state index contributed by atoms with van der Waals surface area (Å²) in [6.07, 6.45) is 0. The van der Waals surface area contributed by atoms with E-state index < -0.39 is 0 Å². The Bertz CT molecular complexity index is 709. The van der Waals surface area contributed by atoms with Gasteiger partial charge in [-0.1, -0.05) is 12.1 Å². The normalized spacial score (nSPS) is 10.8. The highest BCUT2D eigenvalue weighted by Crippen LogP contribution is 2.30.